The maximum Gasteiger partial charge on any atom is 5.00 e. The van der Waals surface area contributed by atoms with Crippen molar-refractivity contribution in [3.05, 3.63) is 92.4 Å². The first-order valence-electron chi connectivity index (χ1n) is 11.0. The molecule has 0 spiro atoms. The molecule has 1 aliphatic heterocycles. The van der Waals surface area contributed by atoms with Crippen molar-refractivity contribution < 1.29 is 19.8 Å². The zero-order valence-electron chi connectivity index (χ0n) is 19.4. The number of imidazole rings is 3. The maximum absolute atomic E-state index is 4.52. The van der Waals surface area contributed by atoms with Gasteiger partial charge in [-0.3, -0.25) is 0 Å². The minimum Gasteiger partial charge on any atom is -0.575 e. The van der Waals surface area contributed by atoms with E-state index in [1.165, 1.54) is 0 Å². The number of nitrogens with zero attached hydrogens (tertiary/aromatic N) is 11. The zero-order chi connectivity index (χ0) is 24.3. The number of anilines is 3. The Bertz CT molecular complexity index is 1490. The van der Waals surface area contributed by atoms with Gasteiger partial charge in [-0.15, -0.1) is 5.69 Å². The Hall–Kier alpha value is -4.55. The summed E-state index contributed by atoms with van der Waals surface area (Å²) in [5.74, 6) is 1.88. The van der Waals surface area contributed by atoms with Crippen molar-refractivity contribution in [2.24, 2.45) is 0 Å². The van der Waals surface area contributed by atoms with E-state index in [-0.39, 0.29) is 19.8 Å². The number of hydrogen-bond acceptors (Lipinski definition) is 7. The number of fused-ring (bicyclic) bond motifs is 1. The van der Waals surface area contributed by atoms with Gasteiger partial charge in [-0.1, -0.05) is 55.1 Å². The number of pyridine rings is 1. The molecule has 0 saturated heterocycles. The van der Waals surface area contributed by atoms with Gasteiger partial charge in [-0.05, 0) is 60.4 Å². The van der Waals surface area contributed by atoms with Gasteiger partial charge in [0, 0.05) is 11.9 Å². The third-order valence-corrected chi connectivity index (χ3v) is 5.40. The van der Waals surface area contributed by atoms with Crippen molar-refractivity contribution in [1.82, 2.24) is 45.1 Å². The van der Waals surface area contributed by atoms with Gasteiger partial charge >= 0.3 is 19.8 Å². The fourth-order valence-electron chi connectivity index (χ4n) is 3.75. The Morgan fingerprint density at radius 3 is 2.08 bits per heavy atom. The van der Waals surface area contributed by atoms with Crippen molar-refractivity contribution >= 4 is 17.3 Å². The summed E-state index contributed by atoms with van der Waals surface area (Å²) in [6.45, 7) is 1.97. The summed E-state index contributed by atoms with van der Waals surface area (Å²) < 4.78 is 0. The van der Waals surface area contributed by atoms with Gasteiger partial charge in [0.15, 0.2) is 0 Å². The third-order valence-electron chi connectivity index (χ3n) is 5.40. The monoisotopic (exact) mass is 664 g/mol. The van der Waals surface area contributed by atoms with Crippen LogP contribution in [0.2, 0.25) is 0 Å². The Morgan fingerprint density at radius 1 is 0.757 bits per heavy atom. The van der Waals surface area contributed by atoms with Gasteiger partial charge in [0.05, 0.1) is 11.4 Å². The first kappa shape index (κ1) is 24.2. The van der Waals surface area contributed by atoms with E-state index in [9.17, 15) is 0 Å². The quantitative estimate of drug-likeness (QED) is 0.259. The van der Waals surface area contributed by atoms with Gasteiger partial charge in [0.1, 0.15) is 0 Å². The average Bonchev–Trinajstić information content (AvgIpc) is 3.76. The standard InChI is InChI=1S/C14H11N6.C11H7N5.Os/c1-19-9-20(13-5-3-2-4-12(13)19)14-15-8-11(17-14)10-6-7-16-18-10;1-2-8(10-12-4-5-13-10)16-9(3-1)11-14-6-7-15-11;/h2-9H,1H3;1-7H;/q-3;-2;+5. The molecule has 1 aromatic carbocycles. The fraction of sp³-hybridized carbons (Fsp3) is 0.0400. The van der Waals surface area contributed by atoms with Crippen LogP contribution in [0.5, 0.6) is 0 Å². The summed E-state index contributed by atoms with van der Waals surface area (Å²) in [4.78, 5) is 33.7. The second kappa shape index (κ2) is 10.6. The average molecular weight is 663 g/mol. The van der Waals surface area contributed by atoms with E-state index in [2.05, 4.69) is 51.2 Å². The van der Waals surface area contributed by atoms with E-state index < -0.39 is 0 Å². The van der Waals surface area contributed by atoms with Gasteiger partial charge in [0.25, 0.3) is 0 Å². The molecule has 6 aromatic rings. The van der Waals surface area contributed by atoms with Crippen LogP contribution < -0.4 is 29.9 Å². The summed E-state index contributed by atoms with van der Waals surface area (Å²) in [6.07, 6.45) is 9.93. The molecule has 0 amide bonds. The number of benzene rings is 1. The molecule has 0 unspecified atom stereocenters. The van der Waals surface area contributed by atoms with Gasteiger partial charge in [-0.2, -0.15) is 0 Å². The molecule has 0 aliphatic carbocycles. The minimum atomic E-state index is 0. The summed E-state index contributed by atoms with van der Waals surface area (Å²) in [5.41, 5.74) is 5.13. The maximum atomic E-state index is 4.52. The van der Waals surface area contributed by atoms with Crippen LogP contribution in [-0.4, -0.2) is 32.1 Å². The van der Waals surface area contributed by atoms with E-state index in [0.717, 1.165) is 34.2 Å². The van der Waals surface area contributed by atoms with E-state index in [0.29, 0.717) is 17.6 Å². The second-order valence-corrected chi connectivity index (χ2v) is 7.72. The van der Waals surface area contributed by atoms with Gasteiger partial charge < -0.3 is 49.9 Å². The molecule has 1 aliphatic rings. The van der Waals surface area contributed by atoms with Crippen LogP contribution in [0, 0.1) is 6.67 Å². The van der Waals surface area contributed by atoms with Gasteiger partial charge in [-0.25, -0.2) is 11.7 Å². The van der Waals surface area contributed by atoms with Gasteiger partial charge in [0.2, 0.25) is 0 Å². The number of rotatable bonds is 4. The normalized spacial score (nSPS) is 12.0. The smallest absolute Gasteiger partial charge is 0.575 e. The number of para-hydroxylation sites is 2. The fourth-order valence-corrected chi connectivity index (χ4v) is 3.75. The summed E-state index contributed by atoms with van der Waals surface area (Å²) >= 11 is 0. The van der Waals surface area contributed by atoms with Crippen molar-refractivity contribution in [2.75, 3.05) is 16.8 Å². The van der Waals surface area contributed by atoms with Crippen molar-refractivity contribution in [3.63, 3.8) is 0 Å². The molecule has 0 fully saturated rings. The molecule has 37 heavy (non-hydrogen) atoms. The van der Waals surface area contributed by atoms with Crippen LogP contribution >= 0.6 is 0 Å². The first-order chi connectivity index (χ1) is 17.8. The minimum absolute atomic E-state index is 0. The topological polar surface area (TPSA) is 127 Å². The summed E-state index contributed by atoms with van der Waals surface area (Å²) in [5, 5.41) is 7.80. The summed E-state index contributed by atoms with van der Waals surface area (Å²) in [7, 11) is 2.01. The van der Waals surface area contributed by atoms with E-state index in [4.69, 9.17) is 0 Å². The molecular formula is C25H18N11Os. The van der Waals surface area contributed by atoms with Crippen LogP contribution in [0.4, 0.5) is 17.3 Å². The molecule has 5 aromatic heterocycles. The molecule has 0 N–H and O–H groups in total. The molecule has 0 atom stereocenters. The van der Waals surface area contributed by atoms with Crippen LogP contribution in [0.25, 0.3) is 34.4 Å². The Labute approximate surface area is 225 Å². The van der Waals surface area contributed by atoms with Crippen molar-refractivity contribution in [2.45, 2.75) is 0 Å². The molecule has 7 rings (SSSR count). The zero-order valence-corrected chi connectivity index (χ0v) is 22.0. The summed E-state index contributed by atoms with van der Waals surface area (Å²) in [6, 6.07) is 15.6. The van der Waals surface area contributed by atoms with Crippen molar-refractivity contribution in [3.8, 4) is 34.4 Å². The predicted molar refractivity (Wildman–Crippen MR) is 133 cm³/mol. The van der Waals surface area contributed by atoms with E-state index >= 15 is 0 Å². The van der Waals surface area contributed by atoms with E-state index in [1.54, 1.807) is 37.2 Å². The molecule has 0 saturated carbocycles. The Balaban J connectivity index is 0.000000151. The molecule has 1 radical (unpaired) electrons. The van der Waals surface area contributed by atoms with Crippen molar-refractivity contribution in [1.29, 1.82) is 0 Å². The molecule has 11 nitrogen and oxygen atoms in total. The van der Waals surface area contributed by atoms with Crippen LogP contribution in [0.1, 0.15) is 0 Å². The Morgan fingerprint density at radius 2 is 1.46 bits per heavy atom. The van der Waals surface area contributed by atoms with E-state index in [1.807, 2.05) is 66.0 Å². The number of aromatic nitrogens is 9. The first-order valence-corrected chi connectivity index (χ1v) is 11.0. The largest absolute Gasteiger partial charge is 5.00 e. The Kier molecular flexibility index (Phi) is 6.92. The molecule has 6 heterocycles. The second-order valence-electron chi connectivity index (χ2n) is 7.72. The van der Waals surface area contributed by atoms with Crippen LogP contribution in [-0.2, 0) is 19.8 Å². The molecular weight excluding hydrogens is 645 g/mol. The molecule has 0 bridgehead atoms. The molecule has 181 valence electrons. The van der Waals surface area contributed by atoms with Crippen LogP contribution in [0.15, 0.2) is 85.7 Å². The third kappa shape index (κ3) is 4.92. The number of hydrogen-bond donors (Lipinski definition) is 0. The molecule has 12 heteroatoms. The van der Waals surface area contributed by atoms with Crippen LogP contribution in [0.3, 0.4) is 0 Å². The predicted octanol–water partition coefficient (Wildman–Crippen LogP) is 2.88. The SMILES string of the molecule is CN1[CH-]N(c2ncc(-c3ccn[n-]3)[n-]2)c2ccccc21.[Os+5].c1cc(-c2ncc[n-]2)nc(-c2ncc[n-]2)c1.